The van der Waals surface area contributed by atoms with Gasteiger partial charge in [-0.15, -0.1) is 0 Å². The minimum absolute atomic E-state index is 0.286. The van der Waals surface area contributed by atoms with E-state index in [1.54, 1.807) is 48.5 Å². The molecule has 0 aliphatic rings. The van der Waals surface area contributed by atoms with Gasteiger partial charge in [0.05, 0.1) is 0 Å². The average Bonchev–Trinajstić information content (AvgIpc) is 2.07. The van der Waals surface area contributed by atoms with Gasteiger partial charge in [0.1, 0.15) is 11.2 Å². The first-order chi connectivity index (χ1) is 7.94. The second kappa shape index (κ2) is 5.93. The molecule has 18 heavy (non-hydrogen) atoms. The zero-order chi connectivity index (χ0) is 14.6. The van der Waals surface area contributed by atoms with E-state index in [0.29, 0.717) is 0 Å². The van der Waals surface area contributed by atoms with Crippen LogP contribution in [0.2, 0.25) is 0 Å². The summed E-state index contributed by atoms with van der Waals surface area (Å²) in [6.45, 7) is 12.5. The molecule has 0 spiro atoms. The van der Waals surface area contributed by atoms with Crippen molar-refractivity contribution < 1.29 is 19.1 Å². The van der Waals surface area contributed by atoms with Gasteiger partial charge in [-0.05, 0) is 48.5 Å². The van der Waals surface area contributed by atoms with Gasteiger partial charge in [-0.2, -0.15) is 0 Å². The predicted molar refractivity (Wildman–Crippen MR) is 68.0 cm³/mol. The summed E-state index contributed by atoms with van der Waals surface area (Å²) in [7, 11) is 0. The molecular weight excluding hydrogens is 236 g/mol. The lowest BCUT2D eigenvalue weighted by molar-refractivity contribution is 0.00263. The average molecular weight is 260 g/mol. The molecule has 0 rings (SSSR count). The summed E-state index contributed by atoms with van der Waals surface area (Å²) < 4.78 is 10.2. The van der Waals surface area contributed by atoms with E-state index < -0.39 is 23.4 Å². The van der Waals surface area contributed by atoms with E-state index >= 15 is 0 Å². The largest absolute Gasteiger partial charge is 0.443 e. The molecule has 0 aromatic heterocycles. The second-order valence-electron chi connectivity index (χ2n) is 5.84. The number of amides is 2. The van der Waals surface area contributed by atoms with Crippen LogP contribution in [-0.2, 0) is 9.47 Å². The summed E-state index contributed by atoms with van der Waals surface area (Å²) >= 11 is 0. The molecular formula is C12H24N2O4. The Hall–Kier alpha value is -1.46. The van der Waals surface area contributed by atoms with Crippen LogP contribution in [0.25, 0.3) is 0 Å². The smallest absolute Gasteiger partial charge is 0.429 e. The van der Waals surface area contributed by atoms with E-state index in [-0.39, 0.29) is 6.54 Å². The lowest BCUT2D eigenvalue weighted by Gasteiger charge is -2.28. The monoisotopic (exact) mass is 260 g/mol. The van der Waals surface area contributed by atoms with Crippen LogP contribution in [0.3, 0.4) is 0 Å². The van der Waals surface area contributed by atoms with E-state index in [1.807, 2.05) is 0 Å². The van der Waals surface area contributed by atoms with E-state index in [4.69, 9.17) is 9.47 Å². The summed E-state index contributed by atoms with van der Waals surface area (Å²) in [5, 5.41) is 1.07. The molecule has 0 saturated carbocycles. The van der Waals surface area contributed by atoms with Crippen molar-refractivity contribution in [2.45, 2.75) is 59.7 Å². The fourth-order valence-electron chi connectivity index (χ4n) is 0.982. The first kappa shape index (κ1) is 16.5. The summed E-state index contributed by atoms with van der Waals surface area (Å²) in [6.07, 6.45) is -1.30. The summed E-state index contributed by atoms with van der Waals surface area (Å²) in [6, 6.07) is 0. The van der Waals surface area contributed by atoms with Gasteiger partial charge >= 0.3 is 12.2 Å². The lowest BCUT2D eigenvalue weighted by atomic mass is 10.2. The number of nitrogens with one attached hydrogen (secondary N) is 1. The molecule has 6 nitrogen and oxygen atoms in total. The Morgan fingerprint density at radius 1 is 1.00 bits per heavy atom. The van der Waals surface area contributed by atoms with Crippen LogP contribution in [0.15, 0.2) is 0 Å². The molecule has 0 aromatic rings. The number of ether oxygens (including phenoxy) is 2. The van der Waals surface area contributed by atoms with Crippen LogP contribution in [0.5, 0.6) is 0 Å². The van der Waals surface area contributed by atoms with Gasteiger partial charge in [0.2, 0.25) is 0 Å². The van der Waals surface area contributed by atoms with Crippen LogP contribution in [0, 0.1) is 0 Å². The van der Waals surface area contributed by atoms with Crippen molar-refractivity contribution in [1.82, 2.24) is 10.4 Å². The lowest BCUT2D eigenvalue weighted by Crippen LogP contribution is -2.49. The van der Waals surface area contributed by atoms with Crippen molar-refractivity contribution in [3.8, 4) is 0 Å². The molecule has 1 N–H and O–H groups in total. The van der Waals surface area contributed by atoms with Crippen LogP contribution < -0.4 is 5.43 Å². The highest BCUT2D eigenvalue weighted by Gasteiger charge is 2.24. The van der Waals surface area contributed by atoms with Gasteiger partial charge in [0, 0.05) is 6.54 Å². The maximum atomic E-state index is 11.7. The minimum Gasteiger partial charge on any atom is -0.443 e. The molecule has 0 aliphatic carbocycles. The van der Waals surface area contributed by atoms with E-state index in [1.165, 1.54) is 0 Å². The molecule has 6 heteroatoms. The highest BCUT2D eigenvalue weighted by Crippen LogP contribution is 2.10. The van der Waals surface area contributed by atoms with Crippen molar-refractivity contribution in [2.24, 2.45) is 0 Å². The first-order valence-corrected chi connectivity index (χ1v) is 5.95. The Morgan fingerprint density at radius 2 is 1.44 bits per heavy atom. The minimum atomic E-state index is -0.685. The van der Waals surface area contributed by atoms with Gasteiger partial charge in [-0.25, -0.2) is 20.0 Å². The zero-order valence-electron chi connectivity index (χ0n) is 12.3. The van der Waals surface area contributed by atoms with E-state index in [9.17, 15) is 9.59 Å². The maximum Gasteiger partial charge on any atom is 0.429 e. The maximum absolute atomic E-state index is 11.7. The van der Waals surface area contributed by atoms with Gasteiger partial charge in [-0.1, -0.05) is 0 Å². The molecule has 2 amide bonds. The summed E-state index contributed by atoms with van der Waals surface area (Å²) in [5.74, 6) is 0. The topological polar surface area (TPSA) is 67.9 Å². The highest BCUT2D eigenvalue weighted by molar-refractivity contribution is 5.74. The Kier molecular flexibility index (Phi) is 5.45. The third-order valence-electron chi connectivity index (χ3n) is 1.56. The van der Waals surface area contributed by atoms with Crippen LogP contribution >= 0.6 is 0 Å². The molecule has 0 heterocycles. The third kappa shape index (κ3) is 7.76. The van der Waals surface area contributed by atoms with Crippen molar-refractivity contribution in [2.75, 3.05) is 6.54 Å². The molecule has 0 radical (unpaired) electrons. The standard InChI is InChI=1S/C12H24N2O4/c1-8-14(10(16)18-12(5,6)7)13-9(15)17-11(2,3)4/h8H2,1-7H3,(H,13,15). The fraction of sp³-hybridized carbons (Fsp3) is 0.833. The quantitative estimate of drug-likeness (QED) is 0.736. The van der Waals surface area contributed by atoms with Crippen LogP contribution in [0.1, 0.15) is 48.5 Å². The van der Waals surface area contributed by atoms with Crippen LogP contribution in [-0.4, -0.2) is 34.9 Å². The fourth-order valence-corrected chi connectivity index (χ4v) is 0.982. The van der Waals surface area contributed by atoms with E-state index in [2.05, 4.69) is 5.43 Å². The number of hydrogen-bond acceptors (Lipinski definition) is 4. The van der Waals surface area contributed by atoms with Crippen molar-refractivity contribution >= 4 is 12.2 Å². The number of nitrogens with zero attached hydrogens (tertiary/aromatic N) is 1. The Labute approximate surface area is 109 Å². The molecule has 0 atom stereocenters. The second-order valence-corrected chi connectivity index (χ2v) is 5.84. The number of carbonyl (C=O) groups is 2. The number of hydrazine groups is 1. The molecule has 0 unspecified atom stereocenters. The molecule has 0 saturated heterocycles. The van der Waals surface area contributed by atoms with Crippen molar-refractivity contribution in [3.05, 3.63) is 0 Å². The molecule has 0 bridgehead atoms. The van der Waals surface area contributed by atoms with Gasteiger partial charge in [-0.3, -0.25) is 0 Å². The first-order valence-electron chi connectivity index (χ1n) is 5.95. The normalized spacial score (nSPS) is 11.7. The Balaban J connectivity index is 4.44. The van der Waals surface area contributed by atoms with E-state index in [0.717, 1.165) is 5.01 Å². The zero-order valence-corrected chi connectivity index (χ0v) is 12.3. The molecule has 0 aliphatic heterocycles. The molecule has 0 fully saturated rings. The SMILES string of the molecule is CCN(NC(=O)OC(C)(C)C)C(=O)OC(C)(C)C. The third-order valence-corrected chi connectivity index (χ3v) is 1.56. The molecule has 106 valence electrons. The summed E-state index contributed by atoms with van der Waals surface area (Å²) in [4.78, 5) is 23.2. The van der Waals surface area contributed by atoms with Crippen molar-refractivity contribution in [1.29, 1.82) is 0 Å². The Bertz CT molecular complexity index is 302. The Morgan fingerprint density at radius 3 is 1.78 bits per heavy atom. The highest BCUT2D eigenvalue weighted by atomic mass is 16.6. The number of hydrogen-bond donors (Lipinski definition) is 1. The van der Waals surface area contributed by atoms with Gasteiger partial charge < -0.3 is 9.47 Å². The molecule has 0 aromatic carbocycles. The number of rotatable bonds is 1. The van der Waals surface area contributed by atoms with Gasteiger partial charge in [0.15, 0.2) is 0 Å². The summed E-state index contributed by atoms with van der Waals surface area (Å²) in [5.41, 5.74) is 1.12. The van der Waals surface area contributed by atoms with Crippen molar-refractivity contribution in [3.63, 3.8) is 0 Å². The van der Waals surface area contributed by atoms with Gasteiger partial charge in [0.25, 0.3) is 0 Å². The van der Waals surface area contributed by atoms with Crippen LogP contribution in [0.4, 0.5) is 9.59 Å². The number of carbonyl (C=O) groups excluding carboxylic acids is 2. The predicted octanol–water partition coefficient (Wildman–Crippen LogP) is 2.68.